The Morgan fingerprint density at radius 2 is 2.24 bits per heavy atom. The predicted octanol–water partition coefficient (Wildman–Crippen LogP) is 2.62. The largest absolute Gasteiger partial charge is 0.378 e. The minimum absolute atomic E-state index is 0.146. The third kappa shape index (κ3) is 3.50. The molecule has 0 N–H and O–H groups in total. The van der Waals surface area contributed by atoms with Gasteiger partial charge >= 0.3 is 0 Å². The second kappa shape index (κ2) is 6.69. The highest BCUT2D eigenvalue weighted by Crippen LogP contribution is 2.32. The number of hydrogen-bond donors (Lipinski definition) is 0. The van der Waals surface area contributed by atoms with E-state index in [2.05, 4.69) is 27.9 Å². The van der Waals surface area contributed by atoms with Crippen molar-refractivity contribution in [2.24, 2.45) is 0 Å². The molecule has 0 aromatic carbocycles. The maximum Gasteiger partial charge on any atom is 0.163 e. The maximum absolute atomic E-state index is 6.29. The van der Waals surface area contributed by atoms with E-state index in [-0.39, 0.29) is 11.7 Å². The van der Waals surface area contributed by atoms with E-state index in [0.29, 0.717) is 6.61 Å². The molecular weight excluding hydrogens is 316 g/mol. The molecule has 0 aliphatic carbocycles. The molecule has 0 radical (unpaired) electrons. The van der Waals surface area contributed by atoms with Crippen LogP contribution in [0, 0.1) is 6.92 Å². The Morgan fingerprint density at radius 3 is 3.00 bits per heavy atom. The van der Waals surface area contributed by atoms with Gasteiger partial charge in [-0.2, -0.15) is 0 Å². The van der Waals surface area contributed by atoms with Crippen molar-refractivity contribution in [3.63, 3.8) is 0 Å². The summed E-state index contributed by atoms with van der Waals surface area (Å²) in [4.78, 5) is 15.9. The first-order valence-electron chi connectivity index (χ1n) is 8.90. The lowest BCUT2D eigenvalue weighted by Gasteiger charge is -2.47. The maximum atomic E-state index is 6.29. The monoisotopic (exact) mass is 340 g/mol. The van der Waals surface area contributed by atoms with Crippen LogP contribution in [0.4, 0.5) is 5.82 Å². The van der Waals surface area contributed by atoms with Gasteiger partial charge in [-0.1, -0.05) is 0 Å². The Kier molecular flexibility index (Phi) is 4.39. The number of ether oxygens (including phenoxy) is 2. The molecule has 2 aliphatic heterocycles. The number of morpholine rings is 1. The molecule has 2 aromatic rings. The minimum atomic E-state index is -0.219. The highest BCUT2D eigenvalue weighted by Gasteiger charge is 2.41. The van der Waals surface area contributed by atoms with Crippen LogP contribution in [0.1, 0.15) is 25.5 Å². The normalized spacial score (nSPS) is 26.8. The molecule has 6 nitrogen and oxygen atoms in total. The Hall–Kier alpha value is -2.05. The van der Waals surface area contributed by atoms with Gasteiger partial charge in [0.15, 0.2) is 5.82 Å². The third-order valence-electron chi connectivity index (χ3n) is 4.78. The molecule has 2 fully saturated rings. The van der Waals surface area contributed by atoms with Gasteiger partial charge in [-0.05, 0) is 38.8 Å². The number of pyridine rings is 1. The first-order chi connectivity index (χ1) is 12.1. The Balaban J connectivity index is 1.65. The quantitative estimate of drug-likeness (QED) is 0.837. The smallest absolute Gasteiger partial charge is 0.163 e. The Labute approximate surface area is 148 Å². The van der Waals surface area contributed by atoms with Gasteiger partial charge in [0.2, 0.25) is 0 Å². The van der Waals surface area contributed by atoms with Gasteiger partial charge in [0.25, 0.3) is 0 Å². The number of aromatic nitrogens is 3. The lowest BCUT2D eigenvalue weighted by Crippen LogP contribution is -2.58. The molecule has 1 spiro atoms. The van der Waals surface area contributed by atoms with Gasteiger partial charge in [0, 0.05) is 42.9 Å². The zero-order valence-corrected chi connectivity index (χ0v) is 14.8. The van der Waals surface area contributed by atoms with Gasteiger partial charge in [-0.15, -0.1) is 0 Å². The number of aryl methyl sites for hydroxylation is 1. The van der Waals surface area contributed by atoms with Gasteiger partial charge in [-0.25, -0.2) is 9.97 Å². The average molecular weight is 340 g/mol. The summed E-state index contributed by atoms with van der Waals surface area (Å²) in [6, 6.07) is 5.95. The van der Waals surface area contributed by atoms with E-state index in [9.17, 15) is 0 Å². The standard InChI is InChI=1S/C19H24N4O2/c1-14-9-17(22-18(21-14)16-5-3-7-20-10-16)23-11-15(2)25-19(12-23)6-4-8-24-13-19/h3,5,7,9-10,15H,4,6,8,11-13H2,1-2H3/t15-,19-/m1/s1. The average Bonchev–Trinajstić information content (AvgIpc) is 2.62. The highest BCUT2D eigenvalue weighted by atomic mass is 16.6. The summed E-state index contributed by atoms with van der Waals surface area (Å²) in [5.41, 5.74) is 1.67. The van der Waals surface area contributed by atoms with Crippen LogP contribution in [-0.4, -0.2) is 53.0 Å². The summed E-state index contributed by atoms with van der Waals surface area (Å²) in [5.74, 6) is 1.67. The number of hydrogen-bond acceptors (Lipinski definition) is 6. The lowest BCUT2D eigenvalue weighted by molar-refractivity contribution is -0.160. The molecule has 0 saturated carbocycles. The van der Waals surface area contributed by atoms with Gasteiger partial charge in [0.1, 0.15) is 11.4 Å². The zero-order valence-electron chi connectivity index (χ0n) is 14.8. The predicted molar refractivity (Wildman–Crippen MR) is 95.5 cm³/mol. The second-order valence-corrected chi connectivity index (χ2v) is 7.08. The van der Waals surface area contributed by atoms with Crippen molar-refractivity contribution in [2.75, 3.05) is 31.2 Å². The SMILES string of the molecule is Cc1cc(N2C[C@@H](C)O[C@]3(CCCOC3)C2)nc(-c2cccnc2)n1. The molecule has 2 atom stereocenters. The first kappa shape index (κ1) is 16.4. The molecule has 0 amide bonds. The van der Waals surface area contributed by atoms with Crippen LogP contribution < -0.4 is 4.90 Å². The van der Waals surface area contributed by atoms with Crippen molar-refractivity contribution < 1.29 is 9.47 Å². The van der Waals surface area contributed by atoms with E-state index in [0.717, 1.165) is 55.4 Å². The second-order valence-electron chi connectivity index (χ2n) is 7.08. The fourth-order valence-corrected chi connectivity index (χ4v) is 3.78. The van der Waals surface area contributed by atoms with Crippen molar-refractivity contribution >= 4 is 5.82 Å². The summed E-state index contributed by atoms with van der Waals surface area (Å²) in [6.07, 6.45) is 5.79. The number of rotatable bonds is 2. The highest BCUT2D eigenvalue weighted by molar-refractivity contribution is 5.57. The van der Waals surface area contributed by atoms with Crippen molar-refractivity contribution in [1.29, 1.82) is 0 Å². The van der Waals surface area contributed by atoms with Gasteiger partial charge < -0.3 is 14.4 Å². The van der Waals surface area contributed by atoms with Crippen LogP contribution in [-0.2, 0) is 9.47 Å². The number of anilines is 1. The van der Waals surface area contributed by atoms with Gasteiger partial charge in [-0.3, -0.25) is 4.98 Å². The van der Waals surface area contributed by atoms with E-state index < -0.39 is 0 Å². The molecule has 25 heavy (non-hydrogen) atoms. The molecule has 2 aromatic heterocycles. The summed E-state index contributed by atoms with van der Waals surface area (Å²) in [7, 11) is 0. The molecule has 2 aliphatic rings. The lowest BCUT2D eigenvalue weighted by atomic mass is 9.93. The van der Waals surface area contributed by atoms with E-state index in [1.165, 1.54) is 0 Å². The van der Waals surface area contributed by atoms with Gasteiger partial charge in [0.05, 0.1) is 19.3 Å². The van der Waals surface area contributed by atoms with Crippen molar-refractivity contribution in [2.45, 2.75) is 38.4 Å². The molecule has 0 unspecified atom stereocenters. The van der Waals surface area contributed by atoms with Crippen LogP contribution in [0.2, 0.25) is 0 Å². The molecule has 2 saturated heterocycles. The summed E-state index contributed by atoms with van der Waals surface area (Å²) >= 11 is 0. The van der Waals surface area contributed by atoms with E-state index in [1.807, 2.05) is 19.1 Å². The minimum Gasteiger partial charge on any atom is -0.378 e. The van der Waals surface area contributed by atoms with Crippen LogP contribution in [0.5, 0.6) is 0 Å². The van der Waals surface area contributed by atoms with Crippen molar-refractivity contribution in [3.05, 3.63) is 36.3 Å². The van der Waals surface area contributed by atoms with E-state index in [1.54, 1.807) is 12.4 Å². The van der Waals surface area contributed by atoms with Crippen LogP contribution in [0.3, 0.4) is 0 Å². The van der Waals surface area contributed by atoms with E-state index >= 15 is 0 Å². The fraction of sp³-hybridized carbons (Fsp3) is 0.526. The molecule has 4 rings (SSSR count). The number of nitrogens with zero attached hydrogens (tertiary/aromatic N) is 4. The van der Waals surface area contributed by atoms with Crippen LogP contribution >= 0.6 is 0 Å². The molecule has 6 heteroatoms. The summed E-state index contributed by atoms with van der Waals surface area (Å²) in [5, 5.41) is 0. The van der Waals surface area contributed by atoms with Crippen molar-refractivity contribution in [3.8, 4) is 11.4 Å². The molecule has 132 valence electrons. The topological polar surface area (TPSA) is 60.4 Å². The zero-order chi connectivity index (χ0) is 17.3. The van der Waals surface area contributed by atoms with E-state index in [4.69, 9.17) is 14.5 Å². The molecular formula is C19H24N4O2. The molecule has 0 bridgehead atoms. The Morgan fingerprint density at radius 1 is 1.32 bits per heavy atom. The Bertz CT molecular complexity index is 731. The first-order valence-corrected chi connectivity index (χ1v) is 8.90. The fourth-order valence-electron chi connectivity index (χ4n) is 3.78. The summed E-state index contributed by atoms with van der Waals surface area (Å²) < 4.78 is 12.0. The third-order valence-corrected chi connectivity index (χ3v) is 4.78. The van der Waals surface area contributed by atoms with Crippen LogP contribution in [0.15, 0.2) is 30.6 Å². The summed E-state index contributed by atoms with van der Waals surface area (Å²) in [6.45, 7) is 7.25. The molecule has 4 heterocycles. The van der Waals surface area contributed by atoms with Crippen molar-refractivity contribution in [1.82, 2.24) is 15.0 Å². The van der Waals surface area contributed by atoms with Crippen LogP contribution in [0.25, 0.3) is 11.4 Å².